The lowest BCUT2D eigenvalue weighted by Crippen LogP contribution is -2.16. The zero-order valence-corrected chi connectivity index (χ0v) is 83.7. The van der Waals surface area contributed by atoms with Gasteiger partial charge in [0.15, 0.2) is 0 Å². The molecular weight excluding hydrogens is 1780 g/mol. The second kappa shape index (κ2) is 34.4. The van der Waals surface area contributed by atoms with E-state index in [1.54, 1.807) is 0 Å². The highest BCUT2D eigenvalue weighted by molar-refractivity contribution is 9.10. The molecule has 3 nitrogen and oxygen atoms in total. The van der Waals surface area contributed by atoms with Gasteiger partial charge in [-0.25, -0.2) is 0 Å². The SMILES string of the molecule is CC1(C)c2ccccc2-c2cc3c(cc21)Cc1cc2c4ccccc4c4ccccc4c2cc1-3.CC1(C)c2ccccc2-c2ccc(N(c3ccc(-c4ccccc4)cc3)c3ccc(-n4c5cc6c(cc5c5cc7c8ccccc8c8ccccc8c7cc54)-c4ccccc4C6(C)C)cc3)cc21.CC1(C)c2ccccc2-c2ccc(N(c3ccc(Br)cc3)c3ccc(-c4ccccc4)cc3)cc21.CCCCC. The molecule has 1 aromatic heterocycles. The minimum atomic E-state index is -0.134. The van der Waals surface area contributed by atoms with Crippen molar-refractivity contribution in [1.29, 1.82) is 0 Å². The van der Waals surface area contributed by atoms with Gasteiger partial charge in [0, 0.05) is 76.7 Å². The quantitative estimate of drug-likeness (QED) is 0.120. The largest absolute Gasteiger partial charge is 0.310 e. The third-order valence-electron chi connectivity index (χ3n) is 32.1. The van der Waals surface area contributed by atoms with E-state index in [2.05, 4.69) is 536 Å². The Morgan fingerprint density at radius 1 is 0.211 bits per heavy atom. The molecule has 142 heavy (non-hydrogen) atoms. The molecule has 0 bridgehead atoms. The van der Waals surface area contributed by atoms with E-state index in [-0.39, 0.29) is 21.7 Å². The van der Waals surface area contributed by atoms with Crippen molar-refractivity contribution in [1.82, 2.24) is 4.57 Å². The molecule has 0 saturated heterocycles. The number of fused-ring (bicyclic) bond motifs is 30. The summed E-state index contributed by atoms with van der Waals surface area (Å²) in [5.41, 5.74) is 42.8. The van der Waals surface area contributed by atoms with Gasteiger partial charge in [-0.05, 0) is 344 Å². The first-order chi connectivity index (χ1) is 69.3. The fraction of sp³-hybridized carbons (Fsp3) is 0.130. The van der Waals surface area contributed by atoms with E-state index in [4.69, 9.17) is 0 Å². The topological polar surface area (TPSA) is 11.4 Å². The van der Waals surface area contributed by atoms with Gasteiger partial charge in [0.05, 0.1) is 11.0 Å². The number of aromatic nitrogens is 1. The van der Waals surface area contributed by atoms with Gasteiger partial charge >= 0.3 is 0 Å². The van der Waals surface area contributed by atoms with Crippen LogP contribution in [0.4, 0.5) is 34.1 Å². The van der Waals surface area contributed by atoms with Crippen LogP contribution in [-0.4, -0.2) is 4.57 Å². The summed E-state index contributed by atoms with van der Waals surface area (Å²) in [5, 5.41) is 18.4. The first-order valence-electron chi connectivity index (χ1n) is 50.6. The summed E-state index contributed by atoms with van der Waals surface area (Å²) in [5.74, 6) is 0. The molecule has 0 amide bonds. The van der Waals surface area contributed by atoms with Gasteiger partial charge in [0.25, 0.3) is 0 Å². The van der Waals surface area contributed by atoms with Crippen LogP contribution in [0, 0.1) is 0 Å². The third-order valence-corrected chi connectivity index (χ3v) is 32.6. The predicted molar refractivity (Wildman–Crippen MR) is 610 cm³/mol. The van der Waals surface area contributed by atoms with Crippen LogP contribution in [-0.2, 0) is 28.1 Å². The number of benzene rings is 22. The summed E-state index contributed by atoms with van der Waals surface area (Å²) >= 11 is 3.60. The number of halogens is 1. The van der Waals surface area contributed by atoms with E-state index < -0.39 is 0 Å². The molecule has 5 aliphatic carbocycles. The zero-order valence-electron chi connectivity index (χ0n) is 82.1. The van der Waals surface area contributed by atoms with Crippen molar-refractivity contribution in [2.24, 2.45) is 0 Å². The Morgan fingerprint density at radius 3 is 0.908 bits per heavy atom. The average Bonchev–Trinajstić information content (AvgIpc) is 1.54. The Hall–Kier alpha value is -15.7. The molecule has 0 N–H and O–H groups in total. The minimum Gasteiger partial charge on any atom is -0.310 e. The Labute approximate surface area is 841 Å². The standard InChI is InChI=1S/C66H48N2.C34H24.C33H26BrN.C5H12/c1-65(2)59-24-14-12-22-51(59)53-35-34-46(36-61(53)65)67(43-28-26-42(27-29-43)41-16-6-5-7-17-41)44-30-32-45(33-31-44)68-63-39-55-50-21-11-9-19-48(50)47-18-8-10-20-49(47)54(55)37-57(63)58-38-56-52-23-13-15-25-60(52)66(3,4)62(56)40-64(58)68;1-34(2)32-14-8-7-13-26(32)31-19-28-21(17-33(31)34)15-20-16-29-24-11-5-3-9-22(24)23-10-4-6-12-25(23)30(29)18-27(20)28;1-33(2)31-11-7-6-10-29(31)30-21-20-28(22-32(30)33)35(27-18-14-25(34)15-19-27)26-16-12-24(13-17-26)23-8-4-3-5-9-23;1-3-5-4-2/h5-40H,1-4H3;3-14,16-19H,15H2,1-2H3;3-22H,1-2H3;3-5H2,1-2H3. The van der Waals surface area contributed by atoms with E-state index in [1.165, 1.54) is 245 Å². The highest BCUT2D eigenvalue weighted by Crippen LogP contribution is 2.58. The monoisotopic (exact) mass is 1890 g/mol. The van der Waals surface area contributed by atoms with Crippen LogP contribution in [0.3, 0.4) is 0 Å². The van der Waals surface area contributed by atoms with Crippen molar-refractivity contribution in [3.05, 3.63) is 497 Å². The normalized spacial score (nSPS) is 13.9. The first-order valence-corrected chi connectivity index (χ1v) is 51.4. The molecule has 0 aliphatic heterocycles. The molecule has 28 rings (SSSR count). The van der Waals surface area contributed by atoms with Crippen molar-refractivity contribution in [2.45, 2.75) is 117 Å². The van der Waals surface area contributed by atoms with Crippen LogP contribution in [0.5, 0.6) is 0 Å². The number of rotatable bonds is 11. The van der Waals surface area contributed by atoms with Crippen molar-refractivity contribution < 1.29 is 0 Å². The lowest BCUT2D eigenvalue weighted by atomic mass is 9.81. The summed E-state index contributed by atoms with van der Waals surface area (Å²) in [6, 6.07) is 162. The molecule has 5 aliphatic rings. The van der Waals surface area contributed by atoms with Gasteiger partial charge in [-0.3, -0.25) is 0 Å². The van der Waals surface area contributed by atoms with Crippen molar-refractivity contribution in [2.75, 3.05) is 9.80 Å². The molecule has 0 fully saturated rings. The highest BCUT2D eigenvalue weighted by atomic mass is 79.9. The van der Waals surface area contributed by atoms with Gasteiger partial charge in [-0.15, -0.1) is 0 Å². The Morgan fingerprint density at radius 2 is 0.493 bits per heavy atom. The molecule has 0 radical (unpaired) electrons. The summed E-state index contributed by atoms with van der Waals surface area (Å²) in [7, 11) is 0. The maximum absolute atomic E-state index is 3.60. The van der Waals surface area contributed by atoms with Crippen LogP contribution in [0.1, 0.15) is 144 Å². The fourth-order valence-electron chi connectivity index (χ4n) is 24.8. The summed E-state index contributed by atoms with van der Waals surface area (Å²) in [6.45, 7) is 23.3. The molecule has 0 spiro atoms. The average molecular weight is 1890 g/mol. The smallest absolute Gasteiger partial charge is 0.0547 e. The van der Waals surface area contributed by atoms with E-state index >= 15 is 0 Å². The van der Waals surface area contributed by atoms with E-state index in [0.717, 1.165) is 45.0 Å². The first kappa shape index (κ1) is 87.8. The summed E-state index contributed by atoms with van der Waals surface area (Å²) in [6.07, 6.45) is 5.09. The van der Waals surface area contributed by atoms with Gasteiger partial charge < -0.3 is 14.4 Å². The maximum atomic E-state index is 3.60. The molecule has 684 valence electrons. The zero-order chi connectivity index (χ0) is 96.2. The van der Waals surface area contributed by atoms with Gasteiger partial charge in [0.2, 0.25) is 0 Å². The van der Waals surface area contributed by atoms with Crippen molar-refractivity contribution in [3.63, 3.8) is 0 Å². The molecule has 1 heterocycles. The lowest BCUT2D eigenvalue weighted by Gasteiger charge is -2.28. The molecule has 0 atom stereocenters. The molecular formula is C138H110BrN3. The van der Waals surface area contributed by atoms with Gasteiger partial charge in [-0.1, -0.05) is 402 Å². The molecule has 0 saturated carbocycles. The number of nitrogens with zero attached hydrogens (tertiary/aromatic N) is 3. The number of anilines is 6. The number of hydrogen-bond donors (Lipinski definition) is 0. The number of hydrogen-bond acceptors (Lipinski definition) is 2. The maximum Gasteiger partial charge on any atom is 0.0547 e. The van der Waals surface area contributed by atoms with E-state index in [1.807, 2.05) is 0 Å². The minimum absolute atomic E-state index is 0.0372. The number of unbranched alkanes of at least 4 members (excludes halogenated alkanes) is 2. The van der Waals surface area contributed by atoms with Gasteiger partial charge in [0.1, 0.15) is 0 Å². The Bertz CT molecular complexity index is 9020. The third kappa shape index (κ3) is 14.2. The van der Waals surface area contributed by atoms with Crippen molar-refractivity contribution >= 4 is 136 Å². The van der Waals surface area contributed by atoms with E-state index in [0.29, 0.717) is 0 Å². The van der Waals surface area contributed by atoms with Crippen LogP contribution >= 0.6 is 15.9 Å². The van der Waals surface area contributed by atoms with Crippen LogP contribution in [0.15, 0.2) is 441 Å². The van der Waals surface area contributed by atoms with Crippen LogP contribution in [0.2, 0.25) is 0 Å². The fourth-order valence-corrected chi connectivity index (χ4v) is 25.1. The predicted octanol–water partition coefficient (Wildman–Crippen LogP) is 39.1. The molecule has 4 heteroatoms. The van der Waals surface area contributed by atoms with Gasteiger partial charge in [-0.2, -0.15) is 0 Å². The second-order valence-corrected chi connectivity index (χ2v) is 42.5. The van der Waals surface area contributed by atoms with Crippen LogP contribution < -0.4 is 9.80 Å². The van der Waals surface area contributed by atoms with Crippen LogP contribution in [0.25, 0.3) is 170 Å². The molecule has 23 aromatic rings. The van der Waals surface area contributed by atoms with Crippen molar-refractivity contribution in [3.8, 4) is 83.6 Å². The Balaban J connectivity index is 0.000000120. The highest BCUT2D eigenvalue weighted by Gasteiger charge is 2.42. The Kier molecular flexibility index (Phi) is 21.2. The van der Waals surface area contributed by atoms with E-state index in [9.17, 15) is 0 Å². The lowest BCUT2D eigenvalue weighted by molar-refractivity contribution is 0.659. The molecule has 0 unspecified atom stereocenters. The second-order valence-electron chi connectivity index (χ2n) is 41.6. The summed E-state index contributed by atoms with van der Waals surface area (Å²) < 4.78 is 3.61. The molecule has 22 aromatic carbocycles. The summed E-state index contributed by atoms with van der Waals surface area (Å²) in [4.78, 5) is 4.78.